The van der Waals surface area contributed by atoms with Gasteiger partial charge in [-0.1, -0.05) is 11.6 Å². The normalized spacial score (nSPS) is 10.7. The van der Waals surface area contributed by atoms with E-state index < -0.39 is 5.82 Å². The highest BCUT2D eigenvalue weighted by atomic mass is 79.9. The third kappa shape index (κ3) is 1.92. The molecule has 0 aliphatic carbocycles. The largest absolute Gasteiger partial charge is 0.281 e. The van der Waals surface area contributed by atoms with Gasteiger partial charge in [-0.25, -0.2) is 4.39 Å². The van der Waals surface area contributed by atoms with Crippen LogP contribution in [-0.4, -0.2) is 10.2 Å². The average molecular weight is 290 g/mol. The molecule has 5 heteroatoms. The summed E-state index contributed by atoms with van der Waals surface area (Å²) in [5.41, 5.74) is 2.43. The number of benzene rings is 1. The first kappa shape index (κ1) is 10.6. The van der Waals surface area contributed by atoms with Gasteiger partial charge in [0.1, 0.15) is 11.5 Å². The molecule has 0 saturated carbocycles. The van der Waals surface area contributed by atoms with Crippen molar-refractivity contribution in [3.63, 3.8) is 0 Å². The summed E-state index contributed by atoms with van der Waals surface area (Å²) in [6, 6.07) is 4.52. The molecule has 1 aromatic heterocycles. The molecule has 2 rings (SSSR count). The Morgan fingerprint density at radius 1 is 1.47 bits per heavy atom. The summed E-state index contributed by atoms with van der Waals surface area (Å²) in [6.07, 6.45) is 0. The van der Waals surface area contributed by atoms with Gasteiger partial charge >= 0.3 is 0 Å². The number of halogens is 3. The summed E-state index contributed by atoms with van der Waals surface area (Å²) in [4.78, 5) is 0. The minimum Gasteiger partial charge on any atom is -0.281 e. The lowest BCUT2D eigenvalue weighted by molar-refractivity contribution is 0.628. The summed E-state index contributed by atoms with van der Waals surface area (Å²) in [5.74, 6) is -0.427. The summed E-state index contributed by atoms with van der Waals surface area (Å²) >= 11 is 9.09. The van der Waals surface area contributed by atoms with Gasteiger partial charge in [0, 0.05) is 11.3 Å². The highest BCUT2D eigenvalue weighted by molar-refractivity contribution is 9.10. The fourth-order valence-corrected chi connectivity index (χ4v) is 1.84. The van der Waals surface area contributed by atoms with Crippen LogP contribution in [0, 0.1) is 12.7 Å². The first-order valence-electron chi connectivity index (χ1n) is 4.25. The highest BCUT2D eigenvalue weighted by Crippen LogP contribution is 2.30. The first-order valence-corrected chi connectivity index (χ1v) is 5.42. The van der Waals surface area contributed by atoms with Crippen LogP contribution in [0.5, 0.6) is 0 Å². The Balaban J connectivity index is 2.55. The maximum Gasteiger partial charge on any atom is 0.141 e. The Labute approximate surface area is 99.6 Å². The Morgan fingerprint density at radius 3 is 2.73 bits per heavy atom. The number of hydrogen-bond acceptors (Lipinski definition) is 1. The lowest BCUT2D eigenvalue weighted by Gasteiger charge is -1.99. The third-order valence-electron chi connectivity index (χ3n) is 2.07. The number of rotatable bonds is 1. The second-order valence-electron chi connectivity index (χ2n) is 3.14. The monoisotopic (exact) mass is 288 g/mol. The molecule has 0 fully saturated rings. The Morgan fingerprint density at radius 2 is 2.20 bits per heavy atom. The highest BCUT2D eigenvalue weighted by Gasteiger charge is 2.11. The molecule has 15 heavy (non-hydrogen) atoms. The summed E-state index contributed by atoms with van der Waals surface area (Å²) in [6.45, 7) is 1.89. The van der Waals surface area contributed by atoms with E-state index in [1.165, 1.54) is 6.07 Å². The number of aryl methyl sites for hydroxylation is 1. The van der Waals surface area contributed by atoms with Gasteiger partial charge in [-0.15, -0.1) is 0 Å². The molecular formula is C10H7BrClFN2. The van der Waals surface area contributed by atoms with Gasteiger partial charge in [0.2, 0.25) is 0 Å². The molecule has 0 aliphatic rings. The Kier molecular flexibility index (Phi) is 2.80. The quantitative estimate of drug-likeness (QED) is 0.846. The molecule has 1 heterocycles. The van der Waals surface area contributed by atoms with Crippen LogP contribution >= 0.6 is 27.5 Å². The predicted octanol–water partition coefficient (Wildman–Crippen LogP) is 3.94. The topological polar surface area (TPSA) is 28.7 Å². The molecule has 1 N–H and O–H groups in total. The van der Waals surface area contributed by atoms with Gasteiger partial charge in [0.25, 0.3) is 0 Å². The van der Waals surface area contributed by atoms with Crippen molar-refractivity contribution in [3.8, 4) is 11.3 Å². The van der Waals surface area contributed by atoms with Crippen LogP contribution in [0.1, 0.15) is 5.69 Å². The molecule has 0 spiro atoms. The van der Waals surface area contributed by atoms with E-state index in [0.29, 0.717) is 0 Å². The van der Waals surface area contributed by atoms with E-state index >= 15 is 0 Å². The third-order valence-corrected chi connectivity index (χ3v) is 3.33. The van der Waals surface area contributed by atoms with Gasteiger partial charge in [0.15, 0.2) is 0 Å². The number of nitrogens with one attached hydrogen (secondary N) is 1. The summed E-state index contributed by atoms with van der Waals surface area (Å²) in [7, 11) is 0. The molecule has 0 aliphatic heterocycles. The SMILES string of the molecule is Cc1[nH]nc(-c2ccc(F)c(Cl)c2)c1Br. The second kappa shape index (κ2) is 3.94. The van der Waals surface area contributed by atoms with E-state index in [-0.39, 0.29) is 5.02 Å². The maximum absolute atomic E-state index is 12.9. The van der Waals surface area contributed by atoms with Crippen molar-refractivity contribution in [2.75, 3.05) is 0 Å². The number of aromatic nitrogens is 2. The van der Waals surface area contributed by atoms with E-state index in [9.17, 15) is 4.39 Å². The summed E-state index contributed by atoms with van der Waals surface area (Å²) in [5, 5.41) is 7.04. The molecule has 0 atom stereocenters. The molecule has 0 bridgehead atoms. The fourth-order valence-electron chi connectivity index (χ4n) is 1.25. The van der Waals surface area contributed by atoms with Crippen LogP contribution in [0.4, 0.5) is 4.39 Å². The van der Waals surface area contributed by atoms with Gasteiger partial charge in [-0.3, -0.25) is 5.10 Å². The zero-order chi connectivity index (χ0) is 11.0. The Bertz CT molecular complexity index is 510. The molecule has 0 saturated heterocycles. The van der Waals surface area contributed by atoms with Crippen LogP contribution < -0.4 is 0 Å². The standard InChI is InChI=1S/C10H7BrClFN2/c1-5-9(11)10(15-14-5)6-2-3-8(13)7(12)4-6/h2-4H,1H3,(H,14,15). The van der Waals surface area contributed by atoms with E-state index in [2.05, 4.69) is 26.1 Å². The first-order chi connectivity index (χ1) is 7.09. The zero-order valence-corrected chi connectivity index (χ0v) is 10.2. The number of H-pyrrole nitrogens is 1. The summed E-state index contributed by atoms with van der Waals surface area (Å²) < 4.78 is 13.8. The van der Waals surface area contributed by atoms with Crippen LogP contribution in [0.15, 0.2) is 22.7 Å². The lowest BCUT2D eigenvalue weighted by Crippen LogP contribution is -1.82. The Hall–Kier alpha value is -0.870. The smallest absolute Gasteiger partial charge is 0.141 e. The maximum atomic E-state index is 12.9. The molecule has 78 valence electrons. The fraction of sp³-hybridized carbons (Fsp3) is 0.100. The van der Waals surface area contributed by atoms with Gasteiger partial charge in [0.05, 0.1) is 9.50 Å². The van der Waals surface area contributed by atoms with Gasteiger partial charge < -0.3 is 0 Å². The minimum absolute atomic E-state index is 0.0973. The zero-order valence-electron chi connectivity index (χ0n) is 7.81. The van der Waals surface area contributed by atoms with Crippen LogP contribution in [0.2, 0.25) is 5.02 Å². The van der Waals surface area contributed by atoms with Crippen molar-refractivity contribution in [2.24, 2.45) is 0 Å². The van der Waals surface area contributed by atoms with Crippen molar-refractivity contribution in [2.45, 2.75) is 6.92 Å². The van der Waals surface area contributed by atoms with Crippen LogP contribution in [-0.2, 0) is 0 Å². The molecule has 0 radical (unpaired) electrons. The van der Waals surface area contributed by atoms with Crippen molar-refractivity contribution >= 4 is 27.5 Å². The molecular weight excluding hydrogens is 282 g/mol. The second-order valence-corrected chi connectivity index (χ2v) is 4.34. The molecule has 2 aromatic rings. The van der Waals surface area contributed by atoms with Gasteiger partial charge in [-0.05, 0) is 41.1 Å². The number of nitrogens with zero attached hydrogens (tertiary/aromatic N) is 1. The van der Waals surface area contributed by atoms with Crippen LogP contribution in [0.3, 0.4) is 0 Å². The van der Waals surface area contributed by atoms with Crippen molar-refractivity contribution in [3.05, 3.63) is 39.2 Å². The molecule has 2 nitrogen and oxygen atoms in total. The lowest BCUT2D eigenvalue weighted by atomic mass is 10.1. The number of aromatic amines is 1. The molecule has 0 unspecified atom stereocenters. The average Bonchev–Trinajstić information content (AvgIpc) is 2.53. The minimum atomic E-state index is -0.427. The van der Waals surface area contributed by atoms with E-state index in [0.717, 1.165) is 21.4 Å². The van der Waals surface area contributed by atoms with E-state index in [4.69, 9.17) is 11.6 Å². The predicted molar refractivity (Wildman–Crippen MR) is 61.4 cm³/mol. The molecule has 0 amide bonds. The molecule has 1 aromatic carbocycles. The van der Waals surface area contributed by atoms with Crippen molar-refractivity contribution in [1.29, 1.82) is 0 Å². The van der Waals surface area contributed by atoms with Crippen molar-refractivity contribution in [1.82, 2.24) is 10.2 Å². The number of hydrogen-bond donors (Lipinski definition) is 1. The van der Waals surface area contributed by atoms with E-state index in [1.807, 2.05) is 6.92 Å². The van der Waals surface area contributed by atoms with E-state index in [1.54, 1.807) is 12.1 Å². The van der Waals surface area contributed by atoms with Crippen LogP contribution in [0.25, 0.3) is 11.3 Å². The van der Waals surface area contributed by atoms with Gasteiger partial charge in [-0.2, -0.15) is 5.10 Å². The van der Waals surface area contributed by atoms with Crippen molar-refractivity contribution < 1.29 is 4.39 Å².